The van der Waals surface area contributed by atoms with Crippen LogP contribution in [0, 0.1) is 66.6 Å². The number of nitrogens with one attached hydrogen (secondary N) is 3. The van der Waals surface area contributed by atoms with Crippen LogP contribution in [0.1, 0.15) is 328 Å². The van der Waals surface area contributed by atoms with Crippen molar-refractivity contribution >= 4 is 33.5 Å². The van der Waals surface area contributed by atoms with Crippen LogP contribution in [0.5, 0.6) is 0 Å². The van der Waals surface area contributed by atoms with Gasteiger partial charge in [-0.1, -0.05) is 99.2 Å². The number of fused-ring (bicyclic) bond motifs is 7. The van der Waals surface area contributed by atoms with Crippen LogP contribution >= 0.6 is 22.6 Å². The smallest absolute Gasteiger partial charge is 0.149 e. The lowest BCUT2D eigenvalue weighted by Gasteiger charge is -2.52. The zero-order valence-corrected chi connectivity index (χ0v) is 77.5. The Morgan fingerprint density at radius 3 is 1.38 bits per heavy atom. The standard InChI is InChI=1S/2C14H27N.3C12H23N.C10H19N.C10H9N.C2H5I.C2H3N.3HI.2H2O/c2*1-4-15(5-2)12(3)10-11-13-8-6-7-9-14(13)15;3*1-3-13-10(2)8-9-11-6-4-5-7-12(11)13;2*1-8-6-7-9-4-2-3-5-10(9)11-8;2*1-2-3;;;;;/h2*11-14H,4-10H2,1-3H3;3*10-12H,3-9H2,1-2H3;8-11H,2-7H2,1H3;2-7H,1H3;2H2,1H3;1H3;3*1H;2*1H2/q2*+2;;;;;;;;;;;;/p-3/t;;2*10?,11?,12-;10?,11-,12-;8?,9?,10-;;;;;;;;/m..1111......../s1. The van der Waals surface area contributed by atoms with E-state index in [9.17, 15) is 0 Å². The number of likely N-dealkylation sites (tertiary alicyclic amines) is 5. The minimum absolute atomic E-state index is 0. The first-order valence-corrected chi connectivity index (χ1v) is 44.4. The van der Waals surface area contributed by atoms with E-state index in [1.165, 1.54) is 290 Å². The van der Waals surface area contributed by atoms with Crippen LogP contribution in [0.4, 0.5) is 0 Å². The van der Waals surface area contributed by atoms with Crippen molar-refractivity contribution in [3.05, 3.63) is 54.9 Å². The second kappa shape index (κ2) is 54.2. The highest BCUT2D eigenvalue weighted by Gasteiger charge is 2.54. The first-order chi connectivity index (χ1) is 47.0. The Balaban J connectivity index is 0.000000583. The maximum absolute atomic E-state index is 7.32. The first kappa shape index (κ1) is 100. The minimum Gasteiger partial charge on any atom is -1.00 e. The third kappa shape index (κ3) is 28.6. The molecule has 2 aromatic rings. The van der Waals surface area contributed by atoms with E-state index in [0.29, 0.717) is 0 Å². The summed E-state index contributed by atoms with van der Waals surface area (Å²) in [5.74, 6) is 6.12. The number of quaternary nitrogens is 4. The molecule has 6 aliphatic carbocycles. The highest BCUT2D eigenvalue weighted by atomic mass is 127. The van der Waals surface area contributed by atoms with Gasteiger partial charge in [0, 0.05) is 66.8 Å². The summed E-state index contributed by atoms with van der Waals surface area (Å²) >= 11 is 2.29. The van der Waals surface area contributed by atoms with Gasteiger partial charge in [0.2, 0.25) is 0 Å². The molecule has 1 aromatic carbocycles. The molecule has 6 saturated heterocycles. The number of aryl methyl sites for hydroxylation is 1. The van der Waals surface area contributed by atoms with Gasteiger partial charge >= 0.3 is 0 Å². The topological polar surface area (TPSA) is 121 Å². The van der Waals surface area contributed by atoms with E-state index in [1.54, 1.807) is 6.07 Å². The number of para-hydroxylation sites is 1. The van der Waals surface area contributed by atoms with Gasteiger partial charge in [0.15, 0.2) is 0 Å². The number of aromatic nitrogens is 1. The Bertz CT molecular complexity index is 2310. The van der Waals surface area contributed by atoms with E-state index in [4.69, 9.17) is 5.26 Å². The molecule has 0 bridgehead atoms. The zero-order chi connectivity index (χ0) is 70.3. The summed E-state index contributed by atoms with van der Waals surface area (Å²) in [5.41, 5.74) is 2.15. The van der Waals surface area contributed by atoms with Gasteiger partial charge in [-0.2, -0.15) is 5.26 Å². The lowest BCUT2D eigenvalue weighted by molar-refractivity contribution is -0.976. The molecule has 0 radical (unpaired) electrons. The van der Waals surface area contributed by atoms with E-state index in [1.807, 2.05) is 41.0 Å². The number of nitrogens with zero attached hydrogens (tertiary/aromatic N) is 5. The quantitative estimate of drug-likeness (QED) is 0.110. The molecule has 12 aliphatic rings. The van der Waals surface area contributed by atoms with Crippen molar-refractivity contribution < 1.29 is 102 Å². The monoisotopic (exact) mass is 1870 g/mol. The van der Waals surface area contributed by atoms with Gasteiger partial charge in [-0.05, 0) is 279 Å². The van der Waals surface area contributed by atoms with Crippen molar-refractivity contribution in [2.75, 3.05) is 50.2 Å². The summed E-state index contributed by atoms with van der Waals surface area (Å²) < 4.78 is 4.03. The molecular formula is C88H163I4N8O2+. The van der Waals surface area contributed by atoms with Crippen molar-refractivity contribution in [2.45, 2.75) is 402 Å². The average molecular weight is 1870 g/mol. The Kier molecular flexibility index (Phi) is 53.4. The van der Waals surface area contributed by atoms with Gasteiger partial charge in [-0.15, -0.1) is 0 Å². The van der Waals surface area contributed by atoms with Crippen LogP contribution in [0.3, 0.4) is 0 Å². The van der Waals surface area contributed by atoms with Crippen molar-refractivity contribution in [2.24, 2.45) is 35.5 Å². The normalized spacial score (nSPS) is 34.7. The Hall–Kier alpha value is 0.460. The number of halogens is 4. The lowest BCUT2D eigenvalue weighted by atomic mass is 9.74. The number of rotatable bonds is 7. The van der Waals surface area contributed by atoms with Crippen LogP contribution in [0.15, 0.2) is 36.4 Å². The zero-order valence-electron chi connectivity index (χ0n) is 68.9. The third-order valence-corrected chi connectivity index (χ3v) is 28.6. The van der Waals surface area contributed by atoms with Crippen molar-refractivity contribution in [3.63, 3.8) is 0 Å². The second-order valence-electron chi connectivity index (χ2n) is 33.6. The van der Waals surface area contributed by atoms with Gasteiger partial charge in [0.25, 0.3) is 0 Å². The summed E-state index contributed by atoms with van der Waals surface area (Å²) in [6, 6.07) is 25.0. The van der Waals surface area contributed by atoms with Crippen molar-refractivity contribution in [1.29, 1.82) is 5.26 Å². The molecule has 10 nitrogen and oxygen atoms in total. The second-order valence-corrected chi connectivity index (χ2v) is 35.1. The summed E-state index contributed by atoms with van der Waals surface area (Å²) in [4.78, 5) is 11.0. The Morgan fingerprint density at radius 1 is 0.510 bits per heavy atom. The maximum Gasteiger partial charge on any atom is 0.149 e. The van der Waals surface area contributed by atoms with Crippen LogP contribution in [-0.2, 0) is 0 Å². The number of nitriles is 1. The molecule has 20 atom stereocenters. The molecule has 0 amide bonds. The van der Waals surface area contributed by atoms with E-state index in [2.05, 4.69) is 160 Å². The fraction of sp³-hybridized carbons (Fsp3) is 0.864. The molecule has 594 valence electrons. The molecule has 14 heteroatoms. The molecule has 6 aliphatic heterocycles. The largest absolute Gasteiger partial charge is 1.00 e. The molecule has 6 saturated carbocycles. The Morgan fingerprint density at radius 2 is 0.912 bits per heavy atom. The number of pyridine rings is 1. The molecule has 5 N–H and O–H groups in total. The highest BCUT2D eigenvalue weighted by Crippen LogP contribution is 2.44. The molecule has 15 unspecified atom stereocenters. The average Bonchev–Trinajstić information content (AvgIpc) is 0.751. The van der Waals surface area contributed by atoms with Crippen LogP contribution < -0.4 is 87.0 Å². The predicted octanol–water partition coefficient (Wildman–Crippen LogP) is 10.6. The number of hydrogen-bond acceptors (Lipinski definition) is 6. The molecule has 12 fully saturated rings. The fourth-order valence-electron chi connectivity index (χ4n) is 23.2. The van der Waals surface area contributed by atoms with Crippen molar-refractivity contribution in [1.82, 2.24) is 15.2 Å². The first-order valence-electron chi connectivity index (χ1n) is 42.8. The van der Waals surface area contributed by atoms with E-state index in [-0.39, 0.29) is 82.9 Å². The summed E-state index contributed by atoms with van der Waals surface area (Å²) in [6.07, 6.45) is 55.5. The number of alkyl halides is 1. The molecule has 102 heavy (non-hydrogen) atoms. The predicted molar refractivity (Wildman–Crippen MR) is 433 cm³/mol. The fourth-order valence-corrected chi connectivity index (χ4v) is 23.2. The maximum atomic E-state index is 7.32. The van der Waals surface area contributed by atoms with Crippen LogP contribution in [0.2, 0.25) is 0 Å². The van der Waals surface area contributed by atoms with Gasteiger partial charge in [0.05, 0.1) is 87.9 Å². The highest BCUT2D eigenvalue weighted by molar-refractivity contribution is 14.1. The molecule has 14 rings (SSSR count). The van der Waals surface area contributed by atoms with E-state index in [0.717, 1.165) is 119 Å². The Labute approximate surface area is 697 Å². The summed E-state index contributed by atoms with van der Waals surface area (Å²) in [5, 5.41) is 12.2. The van der Waals surface area contributed by atoms with Crippen LogP contribution in [-0.4, -0.2) is 153 Å². The number of piperidine rings is 6. The lowest BCUT2D eigenvalue weighted by Crippen LogP contribution is -3.20. The van der Waals surface area contributed by atoms with Crippen molar-refractivity contribution in [3.8, 4) is 6.07 Å². The van der Waals surface area contributed by atoms with Crippen LogP contribution in [0.25, 0.3) is 10.9 Å². The van der Waals surface area contributed by atoms with E-state index >= 15 is 0 Å². The van der Waals surface area contributed by atoms with Gasteiger partial charge in [-0.25, -0.2) is 0 Å². The van der Waals surface area contributed by atoms with Gasteiger partial charge in [0.1, 0.15) is 48.8 Å². The van der Waals surface area contributed by atoms with E-state index < -0.39 is 0 Å². The SMILES string of the molecule is CC#N.CC1CCC2CCCC[C@H]2N1.CCI.CCN1C(C)CCC2CCCC[C@H]21.CC[N+]1(CC)C(C)C[CH+]C2CCCCC21.CC[N+]1(CC)C(C)C[CH+]C2CCCCC21.CC[NH+]1C(C)CCC2CCCC[C@H]21.CC[NH+]1C(C)CC[C@H]2CCCC[C@H]21.Cc1ccc2ccccc2n1.[I-].[I-].[I-].[OH-].[OH-]. The third-order valence-electron chi connectivity index (χ3n) is 28.6. The molecular weight excluding hydrogens is 1710 g/mol. The summed E-state index contributed by atoms with van der Waals surface area (Å²) in [6.45, 7) is 46.1. The molecule has 0 spiro atoms. The van der Waals surface area contributed by atoms with Gasteiger partial charge < -0.3 is 107 Å². The minimum atomic E-state index is 0. The molecule has 7 heterocycles. The number of benzene rings is 1. The summed E-state index contributed by atoms with van der Waals surface area (Å²) in [7, 11) is 0. The molecule has 1 aromatic heterocycles. The van der Waals surface area contributed by atoms with Gasteiger partial charge in [-0.3, -0.25) is 9.88 Å². The number of hydrogen-bond donors (Lipinski definition) is 3.